The molecule has 0 aromatic heterocycles. The van der Waals surface area contributed by atoms with Crippen LogP contribution in [0.5, 0.6) is 11.5 Å². The predicted octanol–water partition coefficient (Wildman–Crippen LogP) is 3.56. The van der Waals surface area contributed by atoms with Crippen LogP contribution in [0, 0.1) is 0 Å². The summed E-state index contributed by atoms with van der Waals surface area (Å²) in [6, 6.07) is 18.2. The van der Waals surface area contributed by atoms with E-state index < -0.39 is 10.0 Å². The van der Waals surface area contributed by atoms with Crippen LogP contribution in [0.2, 0.25) is 0 Å². The largest absolute Gasteiger partial charge is 0.497 e. The van der Waals surface area contributed by atoms with Crippen LogP contribution in [-0.2, 0) is 10.0 Å². The van der Waals surface area contributed by atoms with Gasteiger partial charge in [-0.15, -0.1) is 0 Å². The van der Waals surface area contributed by atoms with E-state index in [-0.39, 0.29) is 10.6 Å². The van der Waals surface area contributed by atoms with Crippen LogP contribution in [0.15, 0.2) is 70.7 Å². The maximum Gasteiger partial charge on any atom is 0.280 e. The molecule has 0 fully saturated rings. The van der Waals surface area contributed by atoms with Crippen molar-refractivity contribution in [1.29, 1.82) is 0 Å². The summed E-state index contributed by atoms with van der Waals surface area (Å²) in [6.07, 6.45) is 0. The summed E-state index contributed by atoms with van der Waals surface area (Å²) in [7, 11) is -1.06. The Balaban J connectivity index is 1.97. The summed E-state index contributed by atoms with van der Waals surface area (Å²) in [5.74, 6) is 0.618. The number of hydrazone groups is 1. The van der Waals surface area contributed by atoms with Gasteiger partial charge in [0.15, 0.2) is 0 Å². The topological polar surface area (TPSA) is 77.0 Å². The molecule has 0 heterocycles. The monoisotopic (exact) mass is 384 g/mol. The Morgan fingerprint density at radius 2 is 1.70 bits per heavy atom. The van der Waals surface area contributed by atoms with Crippen LogP contribution in [-0.4, -0.2) is 28.3 Å². The number of nitrogens with one attached hydrogen (secondary N) is 1. The maximum absolute atomic E-state index is 12.7. The molecule has 0 unspecified atom stereocenters. The molecule has 0 aliphatic carbocycles. The number of ether oxygens (including phenoxy) is 2. The quantitative estimate of drug-likeness (QED) is 0.521. The summed E-state index contributed by atoms with van der Waals surface area (Å²) >= 11 is 0. The fourth-order valence-electron chi connectivity index (χ4n) is 2.77. The molecular weight excluding hydrogens is 364 g/mol. The van der Waals surface area contributed by atoms with E-state index in [1.54, 1.807) is 13.0 Å². The molecule has 140 valence electrons. The van der Waals surface area contributed by atoms with Crippen molar-refractivity contribution in [2.75, 3.05) is 14.2 Å². The van der Waals surface area contributed by atoms with Gasteiger partial charge in [0.1, 0.15) is 16.4 Å². The molecule has 3 aromatic rings. The highest BCUT2D eigenvalue weighted by Crippen LogP contribution is 2.28. The third-order valence-electron chi connectivity index (χ3n) is 4.17. The molecule has 3 rings (SSSR count). The lowest BCUT2D eigenvalue weighted by molar-refractivity contribution is 0.392. The van der Waals surface area contributed by atoms with Crippen LogP contribution in [0.4, 0.5) is 0 Å². The van der Waals surface area contributed by atoms with Crippen LogP contribution >= 0.6 is 0 Å². The zero-order valence-electron chi connectivity index (χ0n) is 15.3. The van der Waals surface area contributed by atoms with E-state index in [0.29, 0.717) is 11.5 Å². The summed E-state index contributed by atoms with van der Waals surface area (Å²) < 4.78 is 35.7. The lowest BCUT2D eigenvalue weighted by atomic mass is 10.0. The van der Waals surface area contributed by atoms with Gasteiger partial charge in [-0.3, -0.25) is 0 Å². The second kappa shape index (κ2) is 7.67. The van der Waals surface area contributed by atoms with Gasteiger partial charge in [-0.2, -0.15) is 18.4 Å². The lowest BCUT2D eigenvalue weighted by Crippen LogP contribution is -2.20. The molecule has 0 bridgehead atoms. The van der Waals surface area contributed by atoms with E-state index in [2.05, 4.69) is 9.93 Å². The van der Waals surface area contributed by atoms with Crippen molar-refractivity contribution in [1.82, 2.24) is 4.83 Å². The Morgan fingerprint density at radius 1 is 0.963 bits per heavy atom. The zero-order chi connectivity index (χ0) is 19.4. The molecular formula is C20H20N2O4S. The normalized spacial score (nSPS) is 12.0. The minimum atomic E-state index is -3.93. The van der Waals surface area contributed by atoms with Gasteiger partial charge >= 0.3 is 0 Å². The Hall–Kier alpha value is -3.06. The van der Waals surface area contributed by atoms with Crippen molar-refractivity contribution >= 4 is 26.5 Å². The Bertz CT molecular complexity index is 1100. The highest BCUT2D eigenvalue weighted by molar-refractivity contribution is 7.89. The van der Waals surface area contributed by atoms with Gasteiger partial charge in [0.2, 0.25) is 0 Å². The van der Waals surface area contributed by atoms with Crippen LogP contribution in [0.3, 0.4) is 0 Å². The number of fused-ring (bicyclic) bond motifs is 1. The van der Waals surface area contributed by atoms with E-state index in [1.165, 1.54) is 26.4 Å². The van der Waals surface area contributed by atoms with Crippen molar-refractivity contribution in [2.24, 2.45) is 5.10 Å². The fraction of sp³-hybridized carbons (Fsp3) is 0.150. The molecule has 0 saturated heterocycles. The van der Waals surface area contributed by atoms with Gasteiger partial charge in [-0.25, -0.2) is 0 Å². The maximum atomic E-state index is 12.7. The number of hydrogen-bond donors (Lipinski definition) is 1. The Kier molecular flexibility index (Phi) is 5.32. The standard InChI is InChI=1S/C20H20N2O4S/c1-14(17-10-6-8-15-7-4-5-9-18(15)17)21-22-27(23,24)20-13-16(25-2)11-12-19(20)26-3/h4-13,22H,1-3H3/b21-14-. The SMILES string of the molecule is COc1ccc(OC)c(S(=O)(=O)N/N=C(/C)c2cccc3ccccc23)c1. The zero-order valence-corrected chi connectivity index (χ0v) is 16.1. The molecule has 0 amide bonds. The second-order valence-electron chi connectivity index (χ2n) is 5.84. The van der Waals surface area contributed by atoms with Crippen molar-refractivity contribution in [3.05, 3.63) is 66.2 Å². The smallest absolute Gasteiger partial charge is 0.280 e. The molecule has 1 N–H and O–H groups in total. The molecule has 0 aliphatic heterocycles. The van der Waals surface area contributed by atoms with E-state index in [9.17, 15) is 8.42 Å². The van der Waals surface area contributed by atoms with Gasteiger partial charge in [-0.05, 0) is 29.8 Å². The van der Waals surface area contributed by atoms with E-state index in [1.807, 2.05) is 42.5 Å². The van der Waals surface area contributed by atoms with Crippen molar-refractivity contribution < 1.29 is 17.9 Å². The minimum absolute atomic E-state index is 0.0428. The number of hydrogen-bond acceptors (Lipinski definition) is 5. The first-order chi connectivity index (χ1) is 13.0. The highest BCUT2D eigenvalue weighted by Gasteiger charge is 2.20. The fourth-order valence-corrected chi connectivity index (χ4v) is 3.82. The van der Waals surface area contributed by atoms with Gasteiger partial charge in [0, 0.05) is 11.6 Å². The highest BCUT2D eigenvalue weighted by atomic mass is 32.2. The molecule has 0 aliphatic rings. The number of nitrogens with zero attached hydrogens (tertiary/aromatic N) is 1. The molecule has 3 aromatic carbocycles. The average Bonchev–Trinajstić information content (AvgIpc) is 2.71. The van der Waals surface area contributed by atoms with Gasteiger partial charge < -0.3 is 9.47 Å². The van der Waals surface area contributed by atoms with Crippen molar-refractivity contribution in [3.63, 3.8) is 0 Å². The van der Waals surface area contributed by atoms with Crippen LogP contribution < -0.4 is 14.3 Å². The number of sulfonamides is 1. The molecule has 27 heavy (non-hydrogen) atoms. The first kappa shape index (κ1) is 18.7. The number of benzene rings is 3. The van der Waals surface area contributed by atoms with Crippen molar-refractivity contribution in [3.8, 4) is 11.5 Å². The van der Waals surface area contributed by atoms with Gasteiger partial charge in [-0.1, -0.05) is 42.5 Å². The van der Waals surface area contributed by atoms with E-state index >= 15 is 0 Å². The molecule has 7 heteroatoms. The minimum Gasteiger partial charge on any atom is -0.497 e. The number of rotatable bonds is 6. The Morgan fingerprint density at radius 3 is 2.44 bits per heavy atom. The molecule has 0 atom stereocenters. The Labute approximate surface area is 158 Å². The molecule has 6 nitrogen and oxygen atoms in total. The average molecular weight is 384 g/mol. The van der Waals surface area contributed by atoms with Crippen molar-refractivity contribution in [2.45, 2.75) is 11.8 Å². The molecule has 0 spiro atoms. The van der Waals surface area contributed by atoms with Gasteiger partial charge in [0.25, 0.3) is 10.0 Å². The first-order valence-corrected chi connectivity index (χ1v) is 9.71. The van der Waals surface area contributed by atoms with Crippen LogP contribution in [0.25, 0.3) is 10.8 Å². The van der Waals surface area contributed by atoms with E-state index in [0.717, 1.165) is 16.3 Å². The summed E-state index contributed by atoms with van der Waals surface area (Å²) in [4.78, 5) is 2.25. The van der Waals surface area contributed by atoms with Gasteiger partial charge in [0.05, 0.1) is 19.9 Å². The summed E-state index contributed by atoms with van der Waals surface area (Å²) in [5.41, 5.74) is 1.41. The summed E-state index contributed by atoms with van der Waals surface area (Å²) in [5, 5.41) is 6.16. The molecule has 0 radical (unpaired) electrons. The van der Waals surface area contributed by atoms with E-state index in [4.69, 9.17) is 9.47 Å². The lowest BCUT2D eigenvalue weighted by Gasteiger charge is -2.11. The van der Waals surface area contributed by atoms with Crippen LogP contribution in [0.1, 0.15) is 12.5 Å². The second-order valence-corrected chi connectivity index (χ2v) is 7.46. The third-order valence-corrected chi connectivity index (χ3v) is 5.40. The predicted molar refractivity (Wildman–Crippen MR) is 106 cm³/mol. The third kappa shape index (κ3) is 3.88. The number of methoxy groups -OCH3 is 2. The summed E-state index contributed by atoms with van der Waals surface area (Å²) in [6.45, 7) is 1.76. The molecule has 0 saturated carbocycles. The first-order valence-electron chi connectivity index (χ1n) is 8.22.